The number of carbonyl (C=O) groups excluding carboxylic acids is 1. The lowest BCUT2D eigenvalue weighted by Gasteiger charge is -2.36. The normalized spacial score (nSPS) is 12.3. The average Bonchev–Trinajstić information content (AvgIpc) is 2.72. The third-order valence-electron chi connectivity index (χ3n) is 5.82. The molecule has 32 heavy (non-hydrogen) atoms. The van der Waals surface area contributed by atoms with Crippen LogP contribution in [0.5, 0.6) is 17.2 Å². The molecular weight excluding hydrogens is 424 g/mol. The summed E-state index contributed by atoms with van der Waals surface area (Å²) in [5.41, 5.74) is -0.378. The molecule has 0 fully saturated rings. The average molecular weight is 453 g/mol. The van der Waals surface area contributed by atoms with Gasteiger partial charge in [0.25, 0.3) is 8.32 Å². The second kappa shape index (κ2) is 8.67. The van der Waals surface area contributed by atoms with Crippen LogP contribution in [0.15, 0.2) is 57.8 Å². The van der Waals surface area contributed by atoms with Gasteiger partial charge >= 0.3 is 5.63 Å². The molecule has 0 aliphatic heterocycles. The van der Waals surface area contributed by atoms with E-state index in [9.17, 15) is 14.7 Å². The summed E-state index contributed by atoms with van der Waals surface area (Å²) in [5.74, 6) is 0.164. The van der Waals surface area contributed by atoms with Gasteiger partial charge in [-0.05, 0) is 54.0 Å². The highest BCUT2D eigenvalue weighted by molar-refractivity contribution is 6.74. The molecule has 1 heterocycles. The van der Waals surface area contributed by atoms with Gasteiger partial charge < -0.3 is 18.7 Å². The van der Waals surface area contributed by atoms with Crippen LogP contribution in [0.3, 0.4) is 0 Å². The number of fused-ring (bicyclic) bond motifs is 1. The number of methoxy groups -OCH3 is 1. The lowest BCUT2D eigenvalue weighted by atomic mass is 10.1. The molecule has 0 unspecified atom stereocenters. The molecule has 2 aromatic carbocycles. The summed E-state index contributed by atoms with van der Waals surface area (Å²) in [4.78, 5) is 24.9. The zero-order chi connectivity index (χ0) is 23.7. The second-order valence-corrected chi connectivity index (χ2v) is 13.8. The molecule has 0 saturated carbocycles. The highest BCUT2D eigenvalue weighted by atomic mass is 28.4. The van der Waals surface area contributed by atoms with Gasteiger partial charge in [-0.3, -0.25) is 4.79 Å². The van der Waals surface area contributed by atoms with Crippen LogP contribution in [0.25, 0.3) is 17.0 Å². The number of hydrogen-bond donors (Lipinski definition) is 1. The van der Waals surface area contributed by atoms with E-state index in [0.29, 0.717) is 22.4 Å². The van der Waals surface area contributed by atoms with E-state index in [2.05, 4.69) is 33.9 Å². The number of ether oxygens (including phenoxy) is 1. The number of rotatable bonds is 6. The number of carbonyl (C=O) groups is 1. The molecule has 0 saturated heterocycles. The minimum absolute atomic E-state index is 0.0337. The topological polar surface area (TPSA) is 86.0 Å². The summed E-state index contributed by atoms with van der Waals surface area (Å²) >= 11 is 0. The van der Waals surface area contributed by atoms with Crippen molar-refractivity contribution in [2.75, 3.05) is 7.11 Å². The Morgan fingerprint density at radius 1 is 1.09 bits per heavy atom. The SMILES string of the molecule is COc1cc(/C=C/C(=O)c2c(O)c3ccccc3oc2=O)ccc1O[Si](C)(C)C(C)(C)C. The molecular formula is C25H28O6Si. The molecule has 3 aromatic rings. The van der Waals surface area contributed by atoms with E-state index in [1.54, 1.807) is 49.6 Å². The van der Waals surface area contributed by atoms with Crippen molar-refractivity contribution in [2.24, 2.45) is 0 Å². The van der Waals surface area contributed by atoms with E-state index >= 15 is 0 Å². The van der Waals surface area contributed by atoms with E-state index < -0.39 is 25.3 Å². The van der Waals surface area contributed by atoms with Gasteiger partial charge in [0, 0.05) is 0 Å². The fourth-order valence-electron chi connectivity index (χ4n) is 2.91. The van der Waals surface area contributed by atoms with Crippen LogP contribution in [-0.4, -0.2) is 26.3 Å². The van der Waals surface area contributed by atoms with Crippen LogP contribution < -0.4 is 14.8 Å². The Morgan fingerprint density at radius 3 is 2.44 bits per heavy atom. The van der Waals surface area contributed by atoms with Crippen molar-refractivity contribution in [3.8, 4) is 17.2 Å². The number of ketones is 1. The van der Waals surface area contributed by atoms with Crippen molar-refractivity contribution in [3.63, 3.8) is 0 Å². The van der Waals surface area contributed by atoms with Gasteiger partial charge in [0.15, 0.2) is 11.5 Å². The van der Waals surface area contributed by atoms with Gasteiger partial charge in [-0.25, -0.2) is 4.79 Å². The molecule has 1 N–H and O–H groups in total. The molecule has 0 amide bonds. The number of hydrogen-bond acceptors (Lipinski definition) is 6. The number of benzene rings is 2. The third-order valence-corrected chi connectivity index (χ3v) is 10.2. The van der Waals surface area contributed by atoms with Crippen LogP contribution in [0.4, 0.5) is 0 Å². The Hall–Kier alpha value is -3.32. The van der Waals surface area contributed by atoms with E-state index in [1.807, 2.05) is 6.07 Å². The van der Waals surface area contributed by atoms with Crippen molar-refractivity contribution in [2.45, 2.75) is 38.9 Å². The first kappa shape index (κ1) is 23.3. The molecule has 7 heteroatoms. The first-order valence-electron chi connectivity index (χ1n) is 10.3. The van der Waals surface area contributed by atoms with Crippen molar-refractivity contribution in [3.05, 3.63) is 70.1 Å². The summed E-state index contributed by atoms with van der Waals surface area (Å²) in [6.45, 7) is 10.8. The van der Waals surface area contributed by atoms with E-state index in [1.165, 1.54) is 6.08 Å². The molecule has 6 nitrogen and oxygen atoms in total. The summed E-state index contributed by atoms with van der Waals surface area (Å²) < 4.78 is 17.0. The Labute approximate surface area is 188 Å². The predicted octanol–water partition coefficient (Wildman–Crippen LogP) is 5.79. The molecule has 1 aromatic heterocycles. The first-order valence-corrected chi connectivity index (χ1v) is 13.2. The third kappa shape index (κ3) is 4.62. The Kier molecular flexibility index (Phi) is 6.32. The standard InChI is InChI=1S/C25H28O6Si/c1-25(2,3)32(5,6)31-20-14-12-16(15-21(20)29-4)11-13-18(26)22-23(27)17-9-7-8-10-19(17)30-24(22)28/h7-15,27H,1-6H3/b13-11+. The molecule has 0 atom stereocenters. The quantitative estimate of drug-likeness (QED) is 0.221. The Morgan fingerprint density at radius 2 is 1.78 bits per heavy atom. The monoisotopic (exact) mass is 452 g/mol. The first-order chi connectivity index (χ1) is 14.9. The molecule has 0 aliphatic rings. The summed E-state index contributed by atoms with van der Waals surface area (Å²) in [6, 6.07) is 11.9. The maximum atomic E-state index is 12.7. The zero-order valence-electron chi connectivity index (χ0n) is 19.2. The highest BCUT2D eigenvalue weighted by Crippen LogP contribution is 2.40. The summed E-state index contributed by atoms with van der Waals surface area (Å²) in [6.07, 6.45) is 2.78. The van der Waals surface area contributed by atoms with Gasteiger partial charge in [0.1, 0.15) is 22.6 Å². The maximum Gasteiger partial charge on any atom is 0.351 e. The van der Waals surface area contributed by atoms with Crippen molar-refractivity contribution in [1.29, 1.82) is 0 Å². The largest absolute Gasteiger partial charge is 0.541 e. The Balaban J connectivity index is 1.89. The van der Waals surface area contributed by atoms with Crippen LogP contribution in [0.1, 0.15) is 36.7 Å². The fourth-order valence-corrected chi connectivity index (χ4v) is 3.93. The molecule has 3 rings (SSSR count). The van der Waals surface area contributed by atoms with Crippen LogP contribution in [-0.2, 0) is 0 Å². The molecule has 0 aliphatic carbocycles. The second-order valence-electron chi connectivity index (χ2n) is 9.08. The summed E-state index contributed by atoms with van der Waals surface area (Å²) in [5, 5.41) is 10.8. The molecule has 0 spiro atoms. The molecule has 0 radical (unpaired) electrons. The minimum atomic E-state index is -2.05. The maximum absolute atomic E-state index is 12.7. The smallest absolute Gasteiger partial charge is 0.351 e. The number of aromatic hydroxyl groups is 1. The predicted molar refractivity (Wildman–Crippen MR) is 128 cm³/mol. The van der Waals surface area contributed by atoms with Gasteiger partial charge in [-0.2, -0.15) is 0 Å². The highest BCUT2D eigenvalue weighted by Gasteiger charge is 2.39. The van der Waals surface area contributed by atoms with Crippen molar-refractivity contribution < 1.29 is 23.5 Å². The number of para-hydroxylation sites is 1. The fraction of sp³-hybridized carbons (Fsp3) is 0.280. The minimum Gasteiger partial charge on any atom is -0.541 e. The van der Waals surface area contributed by atoms with E-state index in [4.69, 9.17) is 13.6 Å². The zero-order valence-corrected chi connectivity index (χ0v) is 20.2. The molecule has 0 bridgehead atoms. The van der Waals surface area contributed by atoms with Gasteiger partial charge in [0.05, 0.1) is 12.5 Å². The Bertz CT molecular complexity index is 1250. The summed E-state index contributed by atoms with van der Waals surface area (Å²) in [7, 11) is -0.491. The van der Waals surface area contributed by atoms with Crippen molar-refractivity contribution >= 4 is 31.1 Å². The van der Waals surface area contributed by atoms with E-state index in [0.717, 1.165) is 0 Å². The number of allylic oxidation sites excluding steroid dienone is 1. The van der Waals surface area contributed by atoms with Gasteiger partial charge in [-0.15, -0.1) is 0 Å². The van der Waals surface area contributed by atoms with Crippen LogP contribution in [0, 0.1) is 0 Å². The van der Waals surface area contributed by atoms with Gasteiger partial charge in [0.2, 0.25) is 0 Å². The lowest BCUT2D eigenvalue weighted by Crippen LogP contribution is -2.43. The lowest BCUT2D eigenvalue weighted by molar-refractivity contribution is 0.104. The van der Waals surface area contributed by atoms with Gasteiger partial charge in [-0.1, -0.05) is 45.0 Å². The van der Waals surface area contributed by atoms with E-state index in [-0.39, 0.29) is 16.4 Å². The van der Waals surface area contributed by atoms with Crippen molar-refractivity contribution in [1.82, 2.24) is 0 Å². The van der Waals surface area contributed by atoms with Crippen LogP contribution in [0.2, 0.25) is 18.1 Å². The van der Waals surface area contributed by atoms with Crippen LogP contribution >= 0.6 is 0 Å². The molecule has 168 valence electrons.